The SMILES string of the molecule is CN(Cc1ccccc1F)C(=O)CCC1CCCCC1. The maximum absolute atomic E-state index is 13.6. The molecule has 1 saturated carbocycles. The predicted molar refractivity (Wildman–Crippen MR) is 78.7 cm³/mol. The Balaban J connectivity index is 1.78. The number of nitrogens with zero attached hydrogens (tertiary/aromatic N) is 1. The monoisotopic (exact) mass is 277 g/mol. The Morgan fingerprint density at radius 2 is 1.95 bits per heavy atom. The minimum atomic E-state index is -0.237. The van der Waals surface area contributed by atoms with Crippen molar-refractivity contribution >= 4 is 5.91 Å². The lowest BCUT2D eigenvalue weighted by atomic mass is 9.86. The summed E-state index contributed by atoms with van der Waals surface area (Å²) < 4.78 is 13.6. The van der Waals surface area contributed by atoms with Gasteiger partial charge >= 0.3 is 0 Å². The molecule has 2 nitrogen and oxygen atoms in total. The summed E-state index contributed by atoms with van der Waals surface area (Å²) in [4.78, 5) is 13.7. The molecular weight excluding hydrogens is 253 g/mol. The van der Waals surface area contributed by atoms with Crippen LogP contribution in [0.4, 0.5) is 4.39 Å². The zero-order valence-corrected chi connectivity index (χ0v) is 12.3. The topological polar surface area (TPSA) is 20.3 Å². The molecule has 1 aromatic rings. The smallest absolute Gasteiger partial charge is 0.222 e. The summed E-state index contributed by atoms with van der Waals surface area (Å²) >= 11 is 0. The Labute approximate surface area is 121 Å². The molecule has 1 aliphatic rings. The van der Waals surface area contributed by atoms with Crippen molar-refractivity contribution in [3.05, 3.63) is 35.6 Å². The number of carbonyl (C=O) groups is 1. The number of amides is 1. The van der Waals surface area contributed by atoms with E-state index in [1.165, 1.54) is 38.2 Å². The average Bonchev–Trinajstić information content (AvgIpc) is 2.48. The van der Waals surface area contributed by atoms with E-state index < -0.39 is 0 Å². The second-order valence-corrected chi connectivity index (χ2v) is 5.88. The van der Waals surface area contributed by atoms with E-state index in [0.717, 1.165) is 12.3 Å². The van der Waals surface area contributed by atoms with Crippen LogP contribution in [0.1, 0.15) is 50.5 Å². The molecule has 0 N–H and O–H groups in total. The van der Waals surface area contributed by atoms with Crippen LogP contribution in [0.25, 0.3) is 0 Å². The van der Waals surface area contributed by atoms with Gasteiger partial charge in [-0.1, -0.05) is 50.3 Å². The third-order valence-electron chi connectivity index (χ3n) is 4.28. The third-order valence-corrected chi connectivity index (χ3v) is 4.28. The summed E-state index contributed by atoms with van der Waals surface area (Å²) in [5, 5.41) is 0. The van der Waals surface area contributed by atoms with Crippen LogP contribution in [-0.2, 0) is 11.3 Å². The minimum absolute atomic E-state index is 0.124. The normalized spacial score (nSPS) is 16.1. The summed E-state index contributed by atoms with van der Waals surface area (Å²) in [5.74, 6) is 0.604. The molecule has 1 amide bonds. The molecule has 0 heterocycles. The van der Waals surface area contributed by atoms with Gasteiger partial charge in [0.25, 0.3) is 0 Å². The van der Waals surface area contributed by atoms with Crippen molar-refractivity contribution < 1.29 is 9.18 Å². The molecule has 2 rings (SSSR count). The minimum Gasteiger partial charge on any atom is -0.341 e. The Hall–Kier alpha value is -1.38. The van der Waals surface area contributed by atoms with Gasteiger partial charge in [0.1, 0.15) is 5.82 Å². The van der Waals surface area contributed by atoms with Gasteiger partial charge in [0.05, 0.1) is 0 Å². The highest BCUT2D eigenvalue weighted by atomic mass is 19.1. The number of carbonyl (C=O) groups excluding carboxylic acids is 1. The van der Waals surface area contributed by atoms with Crippen molar-refractivity contribution in [3.63, 3.8) is 0 Å². The molecule has 20 heavy (non-hydrogen) atoms. The summed E-state index contributed by atoms with van der Waals surface area (Å²) in [5.41, 5.74) is 0.584. The number of rotatable bonds is 5. The lowest BCUT2D eigenvalue weighted by Crippen LogP contribution is -2.27. The van der Waals surface area contributed by atoms with Gasteiger partial charge in [0.2, 0.25) is 5.91 Å². The zero-order valence-electron chi connectivity index (χ0n) is 12.3. The number of halogens is 1. The fraction of sp³-hybridized carbons (Fsp3) is 0.588. The van der Waals surface area contributed by atoms with E-state index in [0.29, 0.717) is 18.5 Å². The summed E-state index contributed by atoms with van der Waals surface area (Å²) in [6.07, 6.45) is 8.08. The Kier molecular flexibility index (Phi) is 5.57. The first kappa shape index (κ1) is 15.0. The molecule has 0 unspecified atom stereocenters. The van der Waals surface area contributed by atoms with Gasteiger partial charge in [-0.3, -0.25) is 4.79 Å². The molecule has 0 radical (unpaired) electrons. The molecule has 3 heteroatoms. The van der Waals surface area contributed by atoms with E-state index in [9.17, 15) is 9.18 Å². The Morgan fingerprint density at radius 3 is 2.65 bits per heavy atom. The summed E-state index contributed by atoms with van der Waals surface area (Å²) in [6.45, 7) is 0.357. The average molecular weight is 277 g/mol. The van der Waals surface area contributed by atoms with Crippen LogP contribution in [0, 0.1) is 11.7 Å². The van der Waals surface area contributed by atoms with Crippen molar-refractivity contribution in [1.29, 1.82) is 0 Å². The van der Waals surface area contributed by atoms with Crippen molar-refractivity contribution in [1.82, 2.24) is 4.90 Å². The molecule has 0 bridgehead atoms. The second kappa shape index (κ2) is 7.41. The Morgan fingerprint density at radius 1 is 1.25 bits per heavy atom. The van der Waals surface area contributed by atoms with E-state index in [2.05, 4.69) is 0 Å². The first-order chi connectivity index (χ1) is 9.66. The van der Waals surface area contributed by atoms with E-state index in [4.69, 9.17) is 0 Å². The van der Waals surface area contributed by atoms with Gasteiger partial charge in [-0.2, -0.15) is 0 Å². The molecule has 1 fully saturated rings. The highest BCUT2D eigenvalue weighted by Gasteiger charge is 2.17. The molecule has 1 aliphatic carbocycles. The standard InChI is InChI=1S/C17H24FNO/c1-19(13-15-9-5-6-10-16(15)18)17(20)12-11-14-7-3-2-4-8-14/h5-6,9-10,14H,2-4,7-8,11-13H2,1H3. The largest absolute Gasteiger partial charge is 0.341 e. The molecule has 110 valence electrons. The molecule has 0 spiro atoms. The van der Waals surface area contributed by atoms with Crippen LogP contribution >= 0.6 is 0 Å². The Bertz CT molecular complexity index is 440. The van der Waals surface area contributed by atoms with Crippen LogP contribution in [-0.4, -0.2) is 17.9 Å². The highest BCUT2D eigenvalue weighted by Crippen LogP contribution is 2.27. The summed E-state index contributed by atoms with van der Waals surface area (Å²) in [7, 11) is 1.76. The van der Waals surface area contributed by atoms with Crippen LogP contribution in [0.3, 0.4) is 0 Å². The maximum Gasteiger partial charge on any atom is 0.222 e. The zero-order chi connectivity index (χ0) is 14.4. The fourth-order valence-corrected chi connectivity index (χ4v) is 2.96. The van der Waals surface area contributed by atoms with Crippen LogP contribution in [0.2, 0.25) is 0 Å². The molecule has 0 atom stereocenters. The van der Waals surface area contributed by atoms with Gasteiger partial charge < -0.3 is 4.90 Å². The van der Waals surface area contributed by atoms with Gasteiger partial charge in [-0.25, -0.2) is 4.39 Å². The fourth-order valence-electron chi connectivity index (χ4n) is 2.96. The van der Waals surface area contributed by atoms with Crippen molar-refractivity contribution in [2.24, 2.45) is 5.92 Å². The van der Waals surface area contributed by atoms with Crippen molar-refractivity contribution in [3.8, 4) is 0 Å². The van der Waals surface area contributed by atoms with Crippen LogP contribution < -0.4 is 0 Å². The van der Waals surface area contributed by atoms with Crippen molar-refractivity contribution in [2.75, 3.05) is 7.05 Å². The maximum atomic E-state index is 13.6. The van der Waals surface area contributed by atoms with Gasteiger partial charge in [-0.15, -0.1) is 0 Å². The molecular formula is C17H24FNO. The number of hydrogen-bond donors (Lipinski definition) is 0. The van der Waals surface area contributed by atoms with Crippen LogP contribution in [0.15, 0.2) is 24.3 Å². The lowest BCUT2D eigenvalue weighted by Gasteiger charge is -2.23. The second-order valence-electron chi connectivity index (χ2n) is 5.88. The first-order valence-corrected chi connectivity index (χ1v) is 7.64. The molecule has 0 aromatic heterocycles. The molecule has 0 aliphatic heterocycles. The molecule has 1 aromatic carbocycles. The summed E-state index contributed by atoms with van der Waals surface area (Å²) in [6, 6.07) is 6.65. The number of benzene rings is 1. The van der Waals surface area contributed by atoms with Crippen molar-refractivity contribution in [2.45, 2.75) is 51.5 Å². The van der Waals surface area contributed by atoms with Crippen LogP contribution in [0.5, 0.6) is 0 Å². The molecule has 0 saturated heterocycles. The predicted octanol–water partition coefficient (Wildman–Crippen LogP) is 4.14. The van der Waals surface area contributed by atoms with E-state index >= 15 is 0 Å². The van der Waals surface area contributed by atoms with Gasteiger partial charge in [0, 0.05) is 25.6 Å². The quantitative estimate of drug-likeness (QED) is 0.792. The highest BCUT2D eigenvalue weighted by molar-refractivity contribution is 5.75. The number of hydrogen-bond acceptors (Lipinski definition) is 1. The lowest BCUT2D eigenvalue weighted by molar-refractivity contribution is -0.130. The van der Waals surface area contributed by atoms with E-state index in [1.54, 1.807) is 30.1 Å². The third kappa shape index (κ3) is 4.32. The van der Waals surface area contributed by atoms with E-state index in [-0.39, 0.29) is 11.7 Å². The van der Waals surface area contributed by atoms with E-state index in [1.807, 2.05) is 0 Å². The van der Waals surface area contributed by atoms with Gasteiger partial charge in [-0.05, 0) is 18.4 Å². The first-order valence-electron chi connectivity index (χ1n) is 7.64. The van der Waals surface area contributed by atoms with Gasteiger partial charge in [0.15, 0.2) is 0 Å².